The maximum absolute atomic E-state index is 8.79. The first-order valence-corrected chi connectivity index (χ1v) is 7.00. The van der Waals surface area contributed by atoms with E-state index in [0.29, 0.717) is 0 Å². The van der Waals surface area contributed by atoms with Gasteiger partial charge in [0.15, 0.2) is 0 Å². The highest BCUT2D eigenvalue weighted by atomic mass is 127. The molecule has 2 rings (SSSR count). The molecule has 0 saturated heterocycles. The molecule has 0 fully saturated rings. The molecule has 0 aliphatic rings. The zero-order valence-corrected chi connectivity index (χ0v) is 12.4. The van der Waals surface area contributed by atoms with Crippen LogP contribution in [-0.4, -0.2) is 24.5 Å². The van der Waals surface area contributed by atoms with Crippen molar-refractivity contribution in [2.45, 2.75) is 0 Å². The third-order valence-electron chi connectivity index (χ3n) is 2.45. The quantitative estimate of drug-likeness (QED) is 0.650. The first-order valence-electron chi connectivity index (χ1n) is 5.92. The van der Waals surface area contributed by atoms with Crippen LogP contribution in [0.25, 0.3) is 0 Å². The fourth-order valence-corrected chi connectivity index (χ4v) is 1.91. The van der Waals surface area contributed by atoms with Gasteiger partial charge < -0.3 is 9.84 Å². The molecule has 0 amide bonds. The molecule has 0 aliphatic heterocycles. The lowest BCUT2D eigenvalue weighted by molar-refractivity contribution is 0.201. The summed E-state index contributed by atoms with van der Waals surface area (Å²) in [4.78, 5) is 4.42. The van der Waals surface area contributed by atoms with Crippen molar-refractivity contribution in [2.24, 2.45) is 4.99 Å². The number of para-hydroxylation sites is 1. The van der Waals surface area contributed by atoms with Crippen LogP contribution in [0.5, 0.6) is 5.75 Å². The van der Waals surface area contributed by atoms with Crippen LogP contribution >= 0.6 is 22.6 Å². The molecule has 0 heterocycles. The van der Waals surface area contributed by atoms with Gasteiger partial charge in [0.2, 0.25) is 0 Å². The monoisotopic (exact) mass is 367 g/mol. The third kappa shape index (κ3) is 4.33. The smallest absolute Gasteiger partial charge is 0.128 e. The topological polar surface area (TPSA) is 41.8 Å². The number of nitrogens with zero attached hydrogens (tertiary/aromatic N) is 1. The lowest BCUT2D eigenvalue weighted by Gasteiger charge is -2.06. The van der Waals surface area contributed by atoms with E-state index >= 15 is 0 Å². The van der Waals surface area contributed by atoms with Gasteiger partial charge in [-0.3, -0.25) is 4.99 Å². The Morgan fingerprint density at radius 3 is 2.58 bits per heavy atom. The van der Waals surface area contributed by atoms with E-state index in [1.54, 1.807) is 6.21 Å². The summed E-state index contributed by atoms with van der Waals surface area (Å²) in [5.74, 6) is 0.728. The lowest BCUT2D eigenvalue weighted by atomic mass is 10.2. The van der Waals surface area contributed by atoms with Crippen LogP contribution in [-0.2, 0) is 0 Å². The van der Waals surface area contributed by atoms with E-state index in [9.17, 15) is 0 Å². The number of benzene rings is 2. The third-order valence-corrected chi connectivity index (χ3v) is 3.17. The van der Waals surface area contributed by atoms with Crippen molar-refractivity contribution in [1.29, 1.82) is 0 Å². The molecule has 2 aromatic rings. The highest BCUT2D eigenvalue weighted by Crippen LogP contribution is 2.18. The second-order valence-electron chi connectivity index (χ2n) is 3.84. The number of rotatable bonds is 5. The van der Waals surface area contributed by atoms with Crippen LogP contribution in [0.2, 0.25) is 0 Å². The normalized spacial score (nSPS) is 10.8. The number of aliphatic hydroxyl groups is 1. The molecule has 0 radical (unpaired) electrons. The standard InChI is InChI=1S/C15H14INO2/c16-13-5-7-14(8-6-13)17-11-12-3-1-2-4-15(12)19-10-9-18/h1-8,11,18H,9-10H2. The number of hydrogen-bond donors (Lipinski definition) is 1. The minimum Gasteiger partial charge on any atom is -0.491 e. The van der Waals surface area contributed by atoms with Crippen LogP contribution in [0.1, 0.15) is 5.56 Å². The van der Waals surface area contributed by atoms with Crippen molar-refractivity contribution in [3.8, 4) is 5.75 Å². The summed E-state index contributed by atoms with van der Waals surface area (Å²) >= 11 is 2.26. The zero-order valence-electron chi connectivity index (χ0n) is 10.3. The molecule has 1 N–H and O–H groups in total. The van der Waals surface area contributed by atoms with E-state index in [4.69, 9.17) is 9.84 Å². The fourth-order valence-electron chi connectivity index (χ4n) is 1.55. The Morgan fingerprint density at radius 2 is 1.84 bits per heavy atom. The molecule has 0 atom stereocenters. The SMILES string of the molecule is OCCOc1ccccc1C=Nc1ccc(I)cc1. The Morgan fingerprint density at radius 1 is 1.11 bits per heavy atom. The summed E-state index contributed by atoms with van der Waals surface area (Å²) in [6.45, 7) is 0.289. The summed E-state index contributed by atoms with van der Waals surface area (Å²) in [5.41, 5.74) is 1.80. The molecule has 3 nitrogen and oxygen atoms in total. The minimum atomic E-state index is 0.00258. The Kier molecular flexibility index (Phi) is 5.35. The summed E-state index contributed by atoms with van der Waals surface area (Å²) in [6, 6.07) is 15.6. The van der Waals surface area contributed by atoms with Gasteiger partial charge in [-0.2, -0.15) is 0 Å². The number of ether oxygens (including phenoxy) is 1. The van der Waals surface area contributed by atoms with Gasteiger partial charge in [-0.15, -0.1) is 0 Å². The predicted molar refractivity (Wildman–Crippen MR) is 85.4 cm³/mol. The highest BCUT2D eigenvalue weighted by Gasteiger charge is 1.99. The molecular weight excluding hydrogens is 353 g/mol. The average Bonchev–Trinajstić information content (AvgIpc) is 2.45. The van der Waals surface area contributed by atoms with Gasteiger partial charge in [-0.05, 0) is 59.0 Å². The Labute approximate surface area is 126 Å². The van der Waals surface area contributed by atoms with E-state index < -0.39 is 0 Å². The van der Waals surface area contributed by atoms with Gasteiger partial charge >= 0.3 is 0 Å². The van der Waals surface area contributed by atoms with Crippen LogP contribution < -0.4 is 4.74 Å². The molecule has 0 unspecified atom stereocenters. The van der Waals surface area contributed by atoms with Gasteiger partial charge in [0.1, 0.15) is 12.4 Å². The van der Waals surface area contributed by atoms with Gasteiger partial charge in [0, 0.05) is 15.3 Å². The molecule has 0 spiro atoms. The zero-order chi connectivity index (χ0) is 13.5. The Bertz CT molecular complexity index is 552. The van der Waals surface area contributed by atoms with Crippen LogP contribution in [0.15, 0.2) is 53.5 Å². The van der Waals surface area contributed by atoms with Gasteiger partial charge in [-0.25, -0.2) is 0 Å². The van der Waals surface area contributed by atoms with E-state index in [2.05, 4.69) is 27.6 Å². The van der Waals surface area contributed by atoms with E-state index in [1.165, 1.54) is 3.57 Å². The van der Waals surface area contributed by atoms with Crippen molar-refractivity contribution >= 4 is 34.5 Å². The first kappa shape index (κ1) is 14.0. The summed E-state index contributed by atoms with van der Waals surface area (Å²) in [5, 5.41) is 8.79. The molecule has 19 heavy (non-hydrogen) atoms. The molecule has 2 aromatic carbocycles. The maximum atomic E-state index is 8.79. The highest BCUT2D eigenvalue weighted by molar-refractivity contribution is 14.1. The number of aliphatic hydroxyl groups excluding tert-OH is 1. The van der Waals surface area contributed by atoms with Crippen LogP contribution in [0.3, 0.4) is 0 Å². The fraction of sp³-hybridized carbons (Fsp3) is 0.133. The van der Waals surface area contributed by atoms with Crippen molar-refractivity contribution < 1.29 is 9.84 Å². The van der Waals surface area contributed by atoms with Crippen molar-refractivity contribution in [1.82, 2.24) is 0 Å². The summed E-state index contributed by atoms with van der Waals surface area (Å²) in [7, 11) is 0. The molecule has 98 valence electrons. The first-order chi connectivity index (χ1) is 9.29. The molecule has 0 bridgehead atoms. The number of hydrogen-bond acceptors (Lipinski definition) is 3. The predicted octanol–water partition coefficient (Wildman–Crippen LogP) is 3.41. The number of aliphatic imine (C=N–C) groups is 1. The van der Waals surface area contributed by atoms with Crippen molar-refractivity contribution in [2.75, 3.05) is 13.2 Å². The lowest BCUT2D eigenvalue weighted by Crippen LogP contribution is -2.03. The van der Waals surface area contributed by atoms with Gasteiger partial charge in [-0.1, -0.05) is 12.1 Å². The van der Waals surface area contributed by atoms with Gasteiger partial charge in [0.05, 0.1) is 12.3 Å². The second kappa shape index (κ2) is 7.25. The second-order valence-corrected chi connectivity index (χ2v) is 5.09. The van der Waals surface area contributed by atoms with Crippen LogP contribution in [0, 0.1) is 3.57 Å². The molecule has 0 aliphatic carbocycles. The van der Waals surface area contributed by atoms with Crippen molar-refractivity contribution in [3.05, 3.63) is 57.7 Å². The summed E-state index contributed by atoms with van der Waals surface area (Å²) in [6.07, 6.45) is 1.77. The van der Waals surface area contributed by atoms with E-state index in [1.807, 2.05) is 48.5 Å². The minimum absolute atomic E-state index is 0.00258. The molecule has 0 aromatic heterocycles. The molecular formula is C15H14INO2. The van der Waals surface area contributed by atoms with E-state index in [0.717, 1.165) is 17.0 Å². The summed E-state index contributed by atoms with van der Waals surface area (Å²) < 4.78 is 6.63. The van der Waals surface area contributed by atoms with E-state index in [-0.39, 0.29) is 13.2 Å². The molecule has 0 saturated carbocycles. The Hall–Kier alpha value is -1.40. The van der Waals surface area contributed by atoms with Crippen molar-refractivity contribution in [3.63, 3.8) is 0 Å². The van der Waals surface area contributed by atoms with Gasteiger partial charge in [0.25, 0.3) is 0 Å². The molecule has 4 heteroatoms. The van der Waals surface area contributed by atoms with Crippen LogP contribution in [0.4, 0.5) is 5.69 Å². The Balaban J connectivity index is 2.15. The maximum Gasteiger partial charge on any atom is 0.128 e. The number of halogens is 1. The average molecular weight is 367 g/mol. The largest absolute Gasteiger partial charge is 0.491 e.